The van der Waals surface area contributed by atoms with Gasteiger partial charge in [0.2, 0.25) is 0 Å². The predicted molar refractivity (Wildman–Crippen MR) is 7.34 cm³/mol. The average Bonchev–Trinajstić information content (AvgIpc) is 0.722. The SMILES string of the molecule is [Gd].[O]=[V]([OH])([OH])[OH]. The first-order chi connectivity index (χ1) is 2.00. The first-order valence-electron chi connectivity index (χ1n) is 0.783. The van der Waals surface area contributed by atoms with Crippen LogP contribution in [0.25, 0.3) is 0 Å². The monoisotopic (exact) mass is 276 g/mol. The van der Waals surface area contributed by atoms with Gasteiger partial charge in [-0.15, -0.1) is 0 Å². The summed E-state index contributed by atoms with van der Waals surface area (Å²) in [5.74, 6) is 0. The topological polar surface area (TPSA) is 77.8 Å². The Kier molecular flexibility index (Phi) is 6.28. The van der Waals surface area contributed by atoms with Crippen LogP contribution >= 0.6 is 0 Å². The van der Waals surface area contributed by atoms with Gasteiger partial charge in [-0.2, -0.15) is 0 Å². The Balaban J connectivity index is 0. The molecule has 0 aromatic carbocycles. The van der Waals surface area contributed by atoms with Crippen LogP contribution in [0.15, 0.2) is 0 Å². The zero-order valence-corrected chi connectivity index (χ0v) is 6.22. The van der Waals surface area contributed by atoms with Crippen LogP contribution in [-0.4, -0.2) is 12.1 Å². The van der Waals surface area contributed by atoms with Crippen LogP contribution in [0.5, 0.6) is 0 Å². The van der Waals surface area contributed by atoms with Gasteiger partial charge in [-0.1, -0.05) is 0 Å². The Hall–Kier alpha value is 1.59. The van der Waals surface area contributed by atoms with Gasteiger partial charge in [0.15, 0.2) is 0 Å². The molecule has 3 N–H and O–H groups in total. The molecule has 0 unspecified atom stereocenters. The molecule has 0 atom stereocenters. The summed E-state index contributed by atoms with van der Waals surface area (Å²) in [5, 5.41) is 0. The van der Waals surface area contributed by atoms with Gasteiger partial charge in [0, 0.05) is 39.9 Å². The molecule has 0 saturated heterocycles. The van der Waals surface area contributed by atoms with Gasteiger partial charge in [-0.25, -0.2) is 0 Å². The summed E-state index contributed by atoms with van der Waals surface area (Å²) >= 11 is -5.12. The summed E-state index contributed by atoms with van der Waals surface area (Å²) in [6.45, 7) is 0. The molecule has 0 radical (unpaired) electrons. The molecule has 0 aliphatic carbocycles. The fourth-order valence-electron chi connectivity index (χ4n) is 0. The minimum atomic E-state index is -5.12. The van der Waals surface area contributed by atoms with Crippen molar-refractivity contribution in [1.29, 1.82) is 0 Å². The molecular formula is H3GdO4V. The van der Waals surface area contributed by atoms with Gasteiger partial charge in [-0.05, 0) is 0 Å². The number of rotatable bonds is 0. The minimum absolute atomic E-state index is 0. The van der Waals surface area contributed by atoms with E-state index < -0.39 is 15.0 Å². The first kappa shape index (κ1) is 10.5. The molecule has 4 nitrogen and oxygen atoms in total. The third kappa shape index (κ3) is 46.6. The van der Waals surface area contributed by atoms with Crippen molar-refractivity contribution in [3.63, 3.8) is 0 Å². The van der Waals surface area contributed by atoms with Gasteiger partial charge in [0.25, 0.3) is 0 Å². The van der Waals surface area contributed by atoms with Crippen LogP contribution in [0, 0.1) is 39.9 Å². The van der Waals surface area contributed by atoms with Gasteiger partial charge in [0.05, 0.1) is 0 Å². The van der Waals surface area contributed by atoms with E-state index in [-0.39, 0.29) is 39.9 Å². The molecule has 0 fully saturated rings. The molecule has 0 aliphatic heterocycles. The summed E-state index contributed by atoms with van der Waals surface area (Å²) in [6.07, 6.45) is 0. The maximum atomic E-state index is 8.94. The van der Waals surface area contributed by atoms with E-state index in [0.29, 0.717) is 0 Å². The predicted octanol–water partition coefficient (Wildman–Crippen LogP) is -1.79. The Labute approximate surface area is 69.8 Å². The molecule has 6 heavy (non-hydrogen) atoms. The van der Waals surface area contributed by atoms with E-state index in [4.69, 9.17) is 15.8 Å². The van der Waals surface area contributed by atoms with Gasteiger partial charge in [0.1, 0.15) is 0 Å². The van der Waals surface area contributed by atoms with Crippen molar-refractivity contribution < 1.29 is 70.7 Å². The van der Waals surface area contributed by atoms with E-state index in [9.17, 15) is 0 Å². The maximum absolute atomic E-state index is 8.94. The van der Waals surface area contributed by atoms with Crippen molar-refractivity contribution in [2.75, 3.05) is 0 Å². The van der Waals surface area contributed by atoms with Crippen molar-refractivity contribution in [2.45, 2.75) is 0 Å². The summed E-state index contributed by atoms with van der Waals surface area (Å²) in [7, 11) is 0. The van der Waals surface area contributed by atoms with Crippen LogP contribution in [0.3, 0.4) is 0 Å². The molecule has 40 valence electrons. The van der Waals surface area contributed by atoms with Crippen molar-refractivity contribution in [3.05, 3.63) is 0 Å². The molecule has 0 aliphatic rings. The molecule has 0 rings (SSSR count). The second-order valence-electron chi connectivity index (χ2n) is 0.513. The summed E-state index contributed by atoms with van der Waals surface area (Å²) in [6, 6.07) is 0. The number of hydrogen-bond acceptors (Lipinski definition) is 1. The van der Waals surface area contributed by atoms with Crippen molar-refractivity contribution in [3.8, 4) is 0 Å². The molecule has 0 heterocycles. The second kappa shape index (κ2) is 3.57. The normalized spacial score (nSPS) is 9.83. The zero-order chi connectivity index (χ0) is 4.50. The van der Waals surface area contributed by atoms with E-state index in [2.05, 4.69) is 0 Å². The van der Waals surface area contributed by atoms with Crippen LogP contribution < -0.4 is 0 Å². The summed E-state index contributed by atoms with van der Waals surface area (Å²) in [4.78, 5) is 0. The molecule has 0 saturated carbocycles. The molecule has 0 aromatic heterocycles. The molecule has 6 heteroatoms. The average molecular weight is 275 g/mol. The summed E-state index contributed by atoms with van der Waals surface area (Å²) < 4.78 is 30.7. The third-order valence-electron chi connectivity index (χ3n) is 0. The third-order valence-corrected chi connectivity index (χ3v) is 0. The fourth-order valence-corrected chi connectivity index (χ4v) is 0. The quantitative estimate of drug-likeness (QED) is 0.488. The van der Waals surface area contributed by atoms with E-state index in [1.807, 2.05) is 0 Å². The van der Waals surface area contributed by atoms with E-state index >= 15 is 0 Å². The van der Waals surface area contributed by atoms with Crippen LogP contribution in [0.1, 0.15) is 0 Å². The van der Waals surface area contributed by atoms with Crippen LogP contribution in [-0.2, 0) is 18.7 Å². The molecular weight excluding hydrogens is 272 g/mol. The summed E-state index contributed by atoms with van der Waals surface area (Å²) in [5.41, 5.74) is 0. The molecule has 0 amide bonds. The number of hydrogen-bond donors (Lipinski definition) is 3. The fraction of sp³-hybridized carbons (Fsp3) is 0. The van der Waals surface area contributed by atoms with E-state index in [1.165, 1.54) is 0 Å². The van der Waals surface area contributed by atoms with Crippen LogP contribution in [0.2, 0.25) is 0 Å². The van der Waals surface area contributed by atoms with Gasteiger partial charge in [-0.3, -0.25) is 0 Å². The standard InChI is InChI=1S/Gd.3H2O.O.V/h;3*1H2;;/q;;;;;+3/p-3. The molecule has 0 aromatic rings. The van der Waals surface area contributed by atoms with Gasteiger partial charge >= 0.3 is 30.8 Å². The van der Waals surface area contributed by atoms with E-state index in [0.717, 1.165) is 0 Å². The Bertz CT molecular complexity index is 53.7. The Morgan fingerprint density at radius 2 is 1.17 bits per heavy atom. The Morgan fingerprint density at radius 1 is 1.17 bits per heavy atom. The van der Waals surface area contributed by atoms with Gasteiger partial charge < -0.3 is 0 Å². The van der Waals surface area contributed by atoms with Crippen molar-refractivity contribution in [1.82, 2.24) is 0 Å². The van der Waals surface area contributed by atoms with Crippen molar-refractivity contribution >= 4 is 0 Å². The second-order valence-corrected chi connectivity index (χ2v) is 2.12. The molecule has 0 spiro atoms. The first-order valence-corrected chi connectivity index (χ1v) is 3.23. The zero-order valence-electron chi connectivity index (χ0n) is 2.55. The molecule has 0 bridgehead atoms. The Morgan fingerprint density at radius 3 is 1.17 bits per heavy atom. The van der Waals surface area contributed by atoms with Crippen LogP contribution in [0.4, 0.5) is 0 Å². The van der Waals surface area contributed by atoms with E-state index in [1.54, 1.807) is 0 Å². The van der Waals surface area contributed by atoms with Crippen molar-refractivity contribution in [2.24, 2.45) is 0 Å².